The van der Waals surface area contributed by atoms with Gasteiger partial charge < -0.3 is 5.32 Å². The molecule has 1 amide bonds. The molecule has 0 spiro atoms. The molecule has 0 saturated carbocycles. The summed E-state index contributed by atoms with van der Waals surface area (Å²) in [7, 11) is 1.84. The minimum absolute atomic E-state index is 0.123. The van der Waals surface area contributed by atoms with E-state index in [-0.39, 0.29) is 5.91 Å². The third-order valence-corrected chi connectivity index (χ3v) is 3.24. The molecule has 0 unspecified atom stereocenters. The van der Waals surface area contributed by atoms with Gasteiger partial charge in [0.2, 0.25) is 0 Å². The molecule has 1 heterocycles. The second-order valence-corrected chi connectivity index (χ2v) is 5.65. The van der Waals surface area contributed by atoms with E-state index < -0.39 is 0 Å². The largest absolute Gasteiger partial charge is 0.346 e. The molecular formula is C12H11Br2N3O. The van der Waals surface area contributed by atoms with Crippen LogP contribution in [0.4, 0.5) is 0 Å². The number of hydrogen-bond acceptors (Lipinski definition) is 2. The van der Waals surface area contributed by atoms with Crippen LogP contribution in [0.5, 0.6) is 0 Å². The molecule has 0 atom stereocenters. The zero-order chi connectivity index (χ0) is 13.1. The number of amides is 1. The Hall–Kier alpha value is -1.14. The van der Waals surface area contributed by atoms with Crippen LogP contribution < -0.4 is 5.32 Å². The molecule has 0 bridgehead atoms. The number of rotatable bonds is 3. The van der Waals surface area contributed by atoms with Crippen molar-refractivity contribution < 1.29 is 4.79 Å². The molecule has 2 rings (SSSR count). The van der Waals surface area contributed by atoms with Gasteiger partial charge in [0.1, 0.15) is 0 Å². The van der Waals surface area contributed by atoms with Crippen LogP contribution in [0.1, 0.15) is 16.1 Å². The fraction of sp³-hybridized carbons (Fsp3) is 0.167. The molecule has 0 saturated heterocycles. The number of carbonyl (C=O) groups is 1. The van der Waals surface area contributed by atoms with E-state index in [9.17, 15) is 4.79 Å². The zero-order valence-corrected chi connectivity index (χ0v) is 12.8. The van der Waals surface area contributed by atoms with Crippen molar-refractivity contribution >= 4 is 37.8 Å². The lowest BCUT2D eigenvalue weighted by molar-refractivity contribution is 0.0950. The van der Waals surface area contributed by atoms with Gasteiger partial charge in [-0.25, -0.2) is 0 Å². The number of nitrogens with zero attached hydrogens (tertiary/aromatic N) is 2. The van der Waals surface area contributed by atoms with Crippen molar-refractivity contribution in [2.45, 2.75) is 6.54 Å². The second kappa shape index (κ2) is 5.67. The summed E-state index contributed by atoms with van der Waals surface area (Å²) in [5.41, 5.74) is 1.44. The van der Waals surface area contributed by atoms with Crippen LogP contribution in [-0.2, 0) is 13.6 Å². The lowest BCUT2D eigenvalue weighted by Crippen LogP contribution is -2.23. The molecule has 1 aromatic heterocycles. The topological polar surface area (TPSA) is 46.9 Å². The zero-order valence-electron chi connectivity index (χ0n) is 9.65. The van der Waals surface area contributed by atoms with E-state index in [1.165, 1.54) is 0 Å². The first-order chi connectivity index (χ1) is 8.54. The molecule has 1 aromatic carbocycles. The summed E-state index contributed by atoms with van der Waals surface area (Å²) in [6.45, 7) is 0.420. The number of aryl methyl sites for hydroxylation is 1. The molecule has 4 nitrogen and oxygen atoms in total. The lowest BCUT2D eigenvalue weighted by Gasteiger charge is -2.04. The predicted molar refractivity (Wildman–Crippen MR) is 76.2 cm³/mol. The molecule has 0 aliphatic heterocycles. The van der Waals surface area contributed by atoms with Gasteiger partial charge >= 0.3 is 0 Å². The third kappa shape index (κ3) is 3.43. The van der Waals surface area contributed by atoms with E-state index in [0.29, 0.717) is 12.1 Å². The highest BCUT2D eigenvalue weighted by atomic mass is 79.9. The van der Waals surface area contributed by atoms with Crippen molar-refractivity contribution in [1.82, 2.24) is 15.1 Å². The molecule has 94 valence electrons. The van der Waals surface area contributed by atoms with Crippen molar-refractivity contribution in [2.24, 2.45) is 7.05 Å². The Labute approximate surface area is 122 Å². The van der Waals surface area contributed by atoms with Gasteiger partial charge in [-0.3, -0.25) is 9.48 Å². The molecule has 2 aromatic rings. The van der Waals surface area contributed by atoms with E-state index in [4.69, 9.17) is 0 Å². The molecule has 1 N–H and O–H groups in total. The van der Waals surface area contributed by atoms with Crippen LogP contribution in [0.3, 0.4) is 0 Å². The number of carbonyl (C=O) groups excluding carboxylic acids is 1. The standard InChI is InChI=1S/C12H11Br2N3O/c1-17-3-2-11(16-17)7-15-12(18)8-4-9(13)6-10(14)5-8/h2-6H,7H2,1H3,(H,15,18). The third-order valence-electron chi connectivity index (χ3n) is 2.32. The maximum absolute atomic E-state index is 11.9. The summed E-state index contributed by atoms with van der Waals surface area (Å²) in [5, 5.41) is 7.02. The Balaban J connectivity index is 2.03. The lowest BCUT2D eigenvalue weighted by atomic mass is 10.2. The van der Waals surface area contributed by atoms with Crippen molar-refractivity contribution in [3.8, 4) is 0 Å². The summed E-state index contributed by atoms with van der Waals surface area (Å²) >= 11 is 6.71. The van der Waals surface area contributed by atoms with Crippen LogP contribution in [0, 0.1) is 0 Å². The van der Waals surface area contributed by atoms with Crippen molar-refractivity contribution in [3.05, 3.63) is 50.7 Å². The summed E-state index contributed by atoms with van der Waals surface area (Å²) in [5.74, 6) is -0.123. The summed E-state index contributed by atoms with van der Waals surface area (Å²) in [6.07, 6.45) is 1.84. The number of halogens is 2. The fourth-order valence-corrected chi connectivity index (χ4v) is 2.81. The maximum atomic E-state index is 11.9. The molecule has 0 radical (unpaired) electrons. The fourth-order valence-electron chi connectivity index (χ4n) is 1.52. The molecule has 0 aliphatic rings. The van der Waals surface area contributed by atoms with Crippen LogP contribution in [-0.4, -0.2) is 15.7 Å². The Bertz CT molecular complexity index is 560. The molecule has 0 fully saturated rings. The SMILES string of the molecule is Cn1ccc(CNC(=O)c2cc(Br)cc(Br)c2)n1. The minimum Gasteiger partial charge on any atom is -0.346 e. The van der Waals surface area contributed by atoms with Gasteiger partial charge in [0, 0.05) is 27.8 Å². The Morgan fingerprint density at radius 1 is 1.33 bits per heavy atom. The number of nitrogens with one attached hydrogen (secondary N) is 1. The molecule has 0 aliphatic carbocycles. The van der Waals surface area contributed by atoms with Gasteiger partial charge in [-0.1, -0.05) is 31.9 Å². The summed E-state index contributed by atoms with van der Waals surface area (Å²) in [4.78, 5) is 11.9. The summed E-state index contributed by atoms with van der Waals surface area (Å²) < 4.78 is 3.43. The second-order valence-electron chi connectivity index (χ2n) is 3.82. The molecular weight excluding hydrogens is 362 g/mol. The number of benzene rings is 1. The minimum atomic E-state index is -0.123. The normalized spacial score (nSPS) is 10.4. The van der Waals surface area contributed by atoms with Crippen molar-refractivity contribution in [2.75, 3.05) is 0 Å². The molecule has 18 heavy (non-hydrogen) atoms. The first-order valence-corrected chi connectivity index (χ1v) is 6.86. The first-order valence-electron chi connectivity index (χ1n) is 5.27. The Kier molecular flexibility index (Phi) is 4.19. The highest BCUT2D eigenvalue weighted by Gasteiger charge is 2.08. The predicted octanol–water partition coefficient (Wildman–Crippen LogP) is 2.88. The van der Waals surface area contributed by atoms with Gasteiger partial charge in [-0.15, -0.1) is 0 Å². The van der Waals surface area contributed by atoms with Crippen LogP contribution in [0.2, 0.25) is 0 Å². The van der Waals surface area contributed by atoms with E-state index in [2.05, 4.69) is 42.3 Å². The Morgan fingerprint density at radius 3 is 2.56 bits per heavy atom. The highest BCUT2D eigenvalue weighted by molar-refractivity contribution is 9.11. The number of aromatic nitrogens is 2. The van der Waals surface area contributed by atoms with Crippen LogP contribution in [0.15, 0.2) is 39.4 Å². The van der Waals surface area contributed by atoms with E-state index >= 15 is 0 Å². The van der Waals surface area contributed by atoms with Gasteiger partial charge in [0.25, 0.3) is 5.91 Å². The van der Waals surface area contributed by atoms with E-state index in [1.54, 1.807) is 16.8 Å². The van der Waals surface area contributed by atoms with Gasteiger partial charge in [0.05, 0.1) is 12.2 Å². The van der Waals surface area contributed by atoms with Crippen LogP contribution in [0.25, 0.3) is 0 Å². The molecule has 6 heteroatoms. The average Bonchev–Trinajstić information content (AvgIpc) is 2.70. The maximum Gasteiger partial charge on any atom is 0.251 e. The quantitative estimate of drug-likeness (QED) is 0.900. The highest BCUT2D eigenvalue weighted by Crippen LogP contribution is 2.20. The Morgan fingerprint density at radius 2 is 2.00 bits per heavy atom. The van der Waals surface area contributed by atoms with Crippen molar-refractivity contribution in [3.63, 3.8) is 0 Å². The van der Waals surface area contributed by atoms with E-state index in [0.717, 1.165) is 14.6 Å². The average molecular weight is 373 g/mol. The van der Waals surface area contributed by atoms with Crippen molar-refractivity contribution in [1.29, 1.82) is 0 Å². The van der Waals surface area contributed by atoms with Gasteiger partial charge in [-0.05, 0) is 24.3 Å². The van der Waals surface area contributed by atoms with Crippen LogP contribution >= 0.6 is 31.9 Å². The monoisotopic (exact) mass is 371 g/mol. The van der Waals surface area contributed by atoms with Gasteiger partial charge in [0.15, 0.2) is 0 Å². The summed E-state index contributed by atoms with van der Waals surface area (Å²) in [6, 6.07) is 7.31. The van der Waals surface area contributed by atoms with E-state index in [1.807, 2.05) is 25.4 Å². The van der Waals surface area contributed by atoms with Gasteiger partial charge in [-0.2, -0.15) is 5.10 Å². The smallest absolute Gasteiger partial charge is 0.251 e. The first kappa shape index (κ1) is 13.3. The number of hydrogen-bond donors (Lipinski definition) is 1.